The molecule has 0 saturated carbocycles. The largest absolute Gasteiger partial charge is 0.397 e. The van der Waals surface area contributed by atoms with E-state index in [9.17, 15) is 0 Å². The number of pyridine rings is 1. The van der Waals surface area contributed by atoms with Gasteiger partial charge in [-0.3, -0.25) is 4.57 Å². The van der Waals surface area contributed by atoms with Gasteiger partial charge in [0.05, 0.1) is 22.2 Å². The summed E-state index contributed by atoms with van der Waals surface area (Å²) < 4.78 is 2.20. The number of para-hydroxylation sites is 3. The topological polar surface area (TPSA) is 43.8 Å². The van der Waals surface area contributed by atoms with E-state index in [1.165, 1.54) is 10.8 Å². The second kappa shape index (κ2) is 4.83. The van der Waals surface area contributed by atoms with E-state index in [1.54, 1.807) is 0 Å². The van der Waals surface area contributed by atoms with Crippen molar-refractivity contribution in [2.75, 3.05) is 5.73 Å². The molecular weight excluding hydrogens is 294 g/mol. The van der Waals surface area contributed by atoms with Crippen LogP contribution in [-0.4, -0.2) is 9.55 Å². The van der Waals surface area contributed by atoms with Crippen LogP contribution in [0.3, 0.4) is 0 Å². The van der Waals surface area contributed by atoms with Crippen LogP contribution >= 0.6 is 0 Å². The fourth-order valence-corrected chi connectivity index (χ4v) is 3.45. The zero-order valence-corrected chi connectivity index (χ0v) is 13.0. The molecule has 0 aliphatic rings. The van der Waals surface area contributed by atoms with Gasteiger partial charge in [-0.2, -0.15) is 0 Å². The highest BCUT2D eigenvalue weighted by Gasteiger charge is 2.12. The van der Waals surface area contributed by atoms with Crippen LogP contribution in [0.1, 0.15) is 0 Å². The van der Waals surface area contributed by atoms with E-state index in [2.05, 4.69) is 65.2 Å². The molecule has 24 heavy (non-hydrogen) atoms. The van der Waals surface area contributed by atoms with Crippen molar-refractivity contribution >= 4 is 38.4 Å². The first-order chi connectivity index (χ1) is 11.8. The van der Waals surface area contributed by atoms with Crippen molar-refractivity contribution in [1.29, 1.82) is 0 Å². The third kappa shape index (κ3) is 1.75. The Morgan fingerprint density at radius 1 is 0.667 bits per heavy atom. The minimum absolute atomic E-state index is 0.704. The van der Waals surface area contributed by atoms with Crippen molar-refractivity contribution in [2.45, 2.75) is 0 Å². The Kier molecular flexibility index (Phi) is 2.65. The lowest BCUT2D eigenvalue weighted by Gasteiger charge is -2.09. The van der Waals surface area contributed by atoms with Gasteiger partial charge in [-0.05, 0) is 30.3 Å². The van der Waals surface area contributed by atoms with E-state index in [1.807, 2.05) is 18.2 Å². The van der Waals surface area contributed by atoms with Crippen LogP contribution in [0.4, 0.5) is 5.69 Å². The smallest absolute Gasteiger partial charge is 0.138 e. The highest BCUT2D eigenvalue weighted by molar-refractivity contribution is 6.09. The van der Waals surface area contributed by atoms with Crippen LogP contribution in [-0.2, 0) is 0 Å². The van der Waals surface area contributed by atoms with E-state index in [4.69, 9.17) is 10.7 Å². The molecule has 0 amide bonds. The summed E-state index contributed by atoms with van der Waals surface area (Å²) in [6.07, 6.45) is 0. The second-order valence-corrected chi connectivity index (χ2v) is 5.96. The number of aromatic nitrogens is 2. The van der Waals surface area contributed by atoms with Gasteiger partial charge in [-0.15, -0.1) is 0 Å². The van der Waals surface area contributed by atoms with Gasteiger partial charge in [0, 0.05) is 16.2 Å². The Hall–Kier alpha value is -3.33. The van der Waals surface area contributed by atoms with Gasteiger partial charge < -0.3 is 5.73 Å². The molecule has 0 radical (unpaired) electrons. The number of hydrogen-bond donors (Lipinski definition) is 1. The predicted octanol–water partition coefficient (Wildman–Crippen LogP) is 4.91. The minimum Gasteiger partial charge on any atom is -0.397 e. The lowest BCUT2D eigenvalue weighted by atomic mass is 10.2. The Bertz CT molecular complexity index is 1160. The number of nitrogen functional groups attached to an aromatic ring is 1. The molecule has 2 aromatic heterocycles. The van der Waals surface area contributed by atoms with E-state index in [0.29, 0.717) is 5.69 Å². The lowest BCUT2D eigenvalue weighted by Crippen LogP contribution is -1.99. The molecule has 0 saturated heterocycles. The van der Waals surface area contributed by atoms with Crippen molar-refractivity contribution < 1.29 is 0 Å². The Labute approximate surface area is 139 Å². The Morgan fingerprint density at radius 2 is 1.33 bits per heavy atom. The molecule has 3 heteroatoms. The van der Waals surface area contributed by atoms with E-state index >= 15 is 0 Å². The third-order valence-electron chi connectivity index (χ3n) is 4.55. The van der Waals surface area contributed by atoms with Crippen LogP contribution in [0.5, 0.6) is 0 Å². The maximum Gasteiger partial charge on any atom is 0.138 e. The van der Waals surface area contributed by atoms with Gasteiger partial charge in [-0.25, -0.2) is 4.98 Å². The molecule has 5 aromatic rings. The van der Waals surface area contributed by atoms with E-state index in [-0.39, 0.29) is 0 Å². The van der Waals surface area contributed by atoms with Crippen LogP contribution in [0.15, 0.2) is 78.9 Å². The molecule has 2 heterocycles. The maximum absolute atomic E-state index is 6.13. The molecule has 0 aliphatic heterocycles. The molecule has 114 valence electrons. The van der Waals surface area contributed by atoms with Crippen molar-refractivity contribution in [1.82, 2.24) is 9.55 Å². The standard InChI is InChI=1S/C21H15N3/c22-17-9-5-6-14-12-13-20(23-21(14)17)24-18-10-3-1-7-15(18)16-8-2-4-11-19(16)24/h1-13H,22H2. The Morgan fingerprint density at radius 3 is 2.04 bits per heavy atom. The molecule has 2 N–H and O–H groups in total. The first kappa shape index (κ1) is 13.1. The summed E-state index contributed by atoms with van der Waals surface area (Å²) in [6.45, 7) is 0. The quantitative estimate of drug-likeness (QED) is 0.447. The summed E-state index contributed by atoms with van der Waals surface area (Å²) >= 11 is 0. The number of anilines is 1. The summed E-state index contributed by atoms with van der Waals surface area (Å²) in [5, 5.41) is 3.52. The highest BCUT2D eigenvalue weighted by atomic mass is 15.1. The van der Waals surface area contributed by atoms with Crippen LogP contribution < -0.4 is 5.73 Å². The lowest BCUT2D eigenvalue weighted by molar-refractivity contribution is 1.10. The van der Waals surface area contributed by atoms with Crippen molar-refractivity contribution in [3.8, 4) is 5.82 Å². The van der Waals surface area contributed by atoms with Crippen molar-refractivity contribution in [2.24, 2.45) is 0 Å². The fraction of sp³-hybridized carbons (Fsp3) is 0. The van der Waals surface area contributed by atoms with Gasteiger partial charge >= 0.3 is 0 Å². The van der Waals surface area contributed by atoms with Gasteiger partial charge in [0.25, 0.3) is 0 Å². The number of nitrogens with zero attached hydrogens (tertiary/aromatic N) is 2. The average Bonchev–Trinajstić information content (AvgIpc) is 2.97. The van der Waals surface area contributed by atoms with Crippen LogP contribution in [0.2, 0.25) is 0 Å². The summed E-state index contributed by atoms with van der Waals surface area (Å²) in [7, 11) is 0. The normalized spacial score (nSPS) is 11.5. The summed E-state index contributed by atoms with van der Waals surface area (Å²) in [4.78, 5) is 4.86. The minimum atomic E-state index is 0.704. The molecular formula is C21H15N3. The highest BCUT2D eigenvalue weighted by Crippen LogP contribution is 2.32. The van der Waals surface area contributed by atoms with Gasteiger partial charge in [0.2, 0.25) is 0 Å². The van der Waals surface area contributed by atoms with E-state index < -0.39 is 0 Å². The molecule has 0 atom stereocenters. The summed E-state index contributed by atoms with van der Waals surface area (Å²) in [5.74, 6) is 0.887. The van der Waals surface area contributed by atoms with Crippen molar-refractivity contribution in [3.63, 3.8) is 0 Å². The summed E-state index contributed by atoms with van der Waals surface area (Å²) in [6, 6.07) is 26.9. The van der Waals surface area contributed by atoms with Crippen molar-refractivity contribution in [3.05, 3.63) is 78.9 Å². The third-order valence-corrected chi connectivity index (χ3v) is 4.55. The first-order valence-corrected chi connectivity index (χ1v) is 7.97. The summed E-state index contributed by atoms with van der Waals surface area (Å²) in [5.41, 5.74) is 9.99. The number of nitrogens with two attached hydrogens (primary N) is 1. The zero-order chi connectivity index (χ0) is 16.1. The predicted molar refractivity (Wildman–Crippen MR) is 100 cm³/mol. The molecule has 0 aliphatic carbocycles. The zero-order valence-electron chi connectivity index (χ0n) is 13.0. The number of hydrogen-bond acceptors (Lipinski definition) is 2. The second-order valence-electron chi connectivity index (χ2n) is 5.96. The molecule has 0 fully saturated rings. The number of benzene rings is 3. The molecule has 3 aromatic carbocycles. The number of fused-ring (bicyclic) bond motifs is 4. The van der Waals surface area contributed by atoms with Crippen LogP contribution in [0, 0.1) is 0 Å². The first-order valence-electron chi connectivity index (χ1n) is 7.97. The van der Waals surface area contributed by atoms with Crippen LogP contribution in [0.25, 0.3) is 38.5 Å². The van der Waals surface area contributed by atoms with Gasteiger partial charge in [-0.1, -0.05) is 48.5 Å². The number of rotatable bonds is 1. The molecule has 0 spiro atoms. The monoisotopic (exact) mass is 309 g/mol. The average molecular weight is 309 g/mol. The fourth-order valence-electron chi connectivity index (χ4n) is 3.45. The van der Waals surface area contributed by atoms with E-state index in [0.717, 1.165) is 27.8 Å². The molecule has 5 rings (SSSR count). The molecule has 0 bridgehead atoms. The molecule has 0 unspecified atom stereocenters. The SMILES string of the molecule is Nc1cccc2ccc(-n3c4ccccc4c4ccccc43)nc12. The van der Waals surface area contributed by atoms with Gasteiger partial charge in [0.15, 0.2) is 0 Å². The molecule has 3 nitrogen and oxygen atoms in total. The Balaban J connectivity index is 1.93. The van der Waals surface area contributed by atoms with Gasteiger partial charge in [0.1, 0.15) is 5.82 Å². The maximum atomic E-state index is 6.13.